The van der Waals surface area contributed by atoms with Crippen LogP contribution in [0.2, 0.25) is 0 Å². The molecular formula is C18H20N4O3. The number of hydrogen-bond acceptors (Lipinski definition) is 4. The lowest BCUT2D eigenvalue weighted by atomic mass is 10.1. The van der Waals surface area contributed by atoms with E-state index in [1.54, 1.807) is 32.7 Å². The van der Waals surface area contributed by atoms with Gasteiger partial charge in [0.05, 0.1) is 11.4 Å². The zero-order chi connectivity index (χ0) is 18.3. The number of nitrogens with one attached hydrogen (secondary N) is 1. The maximum absolute atomic E-state index is 12.7. The average Bonchev–Trinajstić information content (AvgIpc) is 3.06. The van der Waals surface area contributed by atoms with E-state index in [-0.39, 0.29) is 17.4 Å². The van der Waals surface area contributed by atoms with Gasteiger partial charge in [0.25, 0.3) is 11.8 Å². The molecule has 0 fully saturated rings. The molecule has 25 heavy (non-hydrogen) atoms. The Bertz CT molecular complexity index is 982. The third-order valence-corrected chi connectivity index (χ3v) is 4.23. The predicted molar refractivity (Wildman–Crippen MR) is 94.9 cm³/mol. The Kier molecular flexibility index (Phi) is 4.08. The number of aromatic nitrogens is 2. The number of rotatable bonds is 3. The van der Waals surface area contributed by atoms with Crippen LogP contribution in [0.5, 0.6) is 0 Å². The number of fused-ring (bicyclic) bond motifs is 1. The Balaban J connectivity index is 2.00. The molecule has 2 aromatic heterocycles. The molecule has 0 saturated carbocycles. The number of hydrogen-bond donors (Lipinski definition) is 1. The van der Waals surface area contributed by atoms with Crippen LogP contribution in [0.25, 0.3) is 11.0 Å². The van der Waals surface area contributed by atoms with Gasteiger partial charge in [-0.15, -0.1) is 0 Å². The van der Waals surface area contributed by atoms with E-state index in [1.165, 1.54) is 4.90 Å². The second kappa shape index (κ2) is 6.08. The fraction of sp³-hybridized carbons (Fsp3) is 0.278. The van der Waals surface area contributed by atoms with E-state index in [0.717, 1.165) is 10.9 Å². The molecule has 0 atom stereocenters. The quantitative estimate of drug-likeness (QED) is 0.795. The Morgan fingerprint density at radius 2 is 1.88 bits per heavy atom. The minimum Gasteiger partial charge on any atom is -0.451 e. The number of carbonyl (C=O) groups excluding carboxylic acids is 2. The van der Waals surface area contributed by atoms with Crippen molar-refractivity contribution in [2.45, 2.75) is 13.8 Å². The summed E-state index contributed by atoms with van der Waals surface area (Å²) < 4.78 is 7.26. The number of amides is 2. The highest BCUT2D eigenvalue weighted by atomic mass is 16.3. The highest BCUT2D eigenvalue weighted by Gasteiger charge is 2.25. The van der Waals surface area contributed by atoms with E-state index in [9.17, 15) is 9.59 Å². The van der Waals surface area contributed by atoms with Gasteiger partial charge in [0.1, 0.15) is 5.58 Å². The fourth-order valence-electron chi connectivity index (χ4n) is 2.68. The summed E-state index contributed by atoms with van der Waals surface area (Å²) >= 11 is 0. The summed E-state index contributed by atoms with van der Waals surface area (Å²) in [6.45, 7) is 3.63. The maximum atomic E-state index is 12.7. The molecule has 0 aliphatic rings. The van der Waals surface area contributed by atoms with Crippen molar-refractivity contribution in [2.75, 3.05) is 19.4 Å². The van der Waals surface area contributed by atoms with Gasteiger partial charge in [-0.3, -0.25) is 14.3 Å². The molecule has 0 radical (unpaired) electrons. The van der Waals surface area contributed by atoms with Gasteiger partial charge in [-0.1, -0.05) is 18.2 Å². The molecule has 0 aliphatic heterocycles. The summed E-state index contributed by atoms with van der Waals surface area (Å²) in [6.07, 6.45) is 0. The molecule has 0 spiro atoms. The standard InChI is InChI=1S/C18H20N4O3/c1-10-12-8-6-7-9-13(12)25-16(10)17(23)19-14-11(2)22(5)20-15(14)18(24)21(3)4/h6-9H,1-5H3,(H,19,23). The van der Waals surface area contributed by atoms with Gasteiger partial charge in [0, 0.05) is 32.1 Å². The first kappa shape index (κ1) is 16.8. The lowest BCUT2D eigenvalue weighted by molar-refractivity contribution is 0.0822. The molecule has 0 unspecified atom stereocenters. The first-order valence-corrected chi connectivity index (χ1v) is 7.86. The molecule has 7 heteroatoms. The molecule has 0 saturated heterocycles. The van der Waals surface area contributed by atoms with Gasteiger partial charge in [-0.05, 0) is 19.9 Å². The largest absolute Gasteiger partial charge is 0.451 e. The van der Waals surface area contributed by atoms with Gasteiger partial charge in [0.2, 0.25) is 0 Å². The van der Waals surface area contributed by atoms with Gasteiger partial charge in [0.15, 0.2) is 11.5 Å². The van der Waals surface area contributed by atoms with Crippen LogP contribution in [0, 0.1) is 13.8 Å². The summed E-state index contributed by atoms with van der Waals surface area (Å²) in [5, 5.41) is 7.90. The fourth-order valence-corrected chi connectivity index (χ4v) is 2.68. The van der Waals surface area contributed by atoms with Crippen molar-refractivity contribution in [3.05, 3.63) is 47.0 Å². The van der Waals surface area contributed by atoms with Gasteiger partial charge >= 0.3 is 0 Å². The van der Waals surface area contributed by atoms with Crippen LogP contribution in [0.3, 0.4) is 0 Å². The first-order chi connectivity index (χ1) is 11.8. The molecular weight excluding hydrogens is 320 g/mol. The summed E-state index contributed by atoms with van der Waals surface area (Å²) in [5.41, 5.74) is 2.69. The van der Waals surface area contributed by atoms with Gasteiger partial charge in [-0.25, -0.2) is 0 Å². The van der Waals surface area contributed by atoms with Crippen LogP contribution >= 0.6 is 0 Å². The molecule has 1 N–H and O–H groups in total. The second-order valence-electron chi connectivity index (χ2n) is 6.14. The Labute approximate surface area is 145 Å². The third kappa shape index (κ3) is 2.77. The third-order valence-electron chi connectivity index (χ3n) is 4.23. The van der Waals surface area contributed by atoms with Crippen molar-refractivity contribution in [1.29, 1.82) is 0 Å². The van der Waals surface area contributed by atoms with Gasteiger partial charge in [-0.2, -0.15) is 5.10 Å². The predicted octanol–water partition coefficient (Wildman–Crippen LogP) is 2.74. The summed E-state index contributed by atoms with van der Waals surface area (Å²) in [7, 11) is 5.01. The Hall–Kier alpha value is -3.09. The molecule has 3 rings (SSSR count). The average molecular weight is 340 g/mol. The number of furan rings is 1. The van der Waals surface area contributed by atoms with E-state index < -0.39 is 5.91 Å². The van der Waals surface area contributed by atoms with Crippen molar-refractivity contribution < 1.29 is 14.0 Å². The van der Waals surface area contributed by atoms with Crippen LogP contribution in [-0.4, -0.2) is 40.6 Å². The van der Waals surface area contributed by atoms with E-state index in [4.69, 9.17) is 4.42 Å². The summed E-state index contributed by atoms with van der Waals surface area (Å²) in [6, 6.07) is 7.47. The highest BCUT2D eigenvalue weighted by molar-refractivity contribution is 6.09. The molecule has 2 heterocycles. The van der Waals surface area contributed by atoms with E-state index in [2.05, 4.69) is 10.4 Å². The van der Waals surface area contributed by atoms with Crippen LogP contribution < -0.4 is 5.32 Å². The van der Waals surface area contributed by atoms with Crippen molar-refractivity contribution in [3.63, 3.8) is 0 Å². The number of para-hydroxylation sites is 1. The zero-order valence-corrected chi connectivity index (χ0v) is 14.9. The molecule has 7 nitrogen and oxygen atoms in total. The van der Waals surface area contributed by atoms with Gasteiger partial charge < -0.3 is 14.6 Å². The summed E-state index contributed by atoms with van der Waals surface area (Å²) in [4.78, 5) is 26.5. The van der Waals surface area contributed by atoms with Crippen molar-refractivity contribution >= 4 is 28.5 Å². The molecule has 0 bridgehead atoms. The van der Waals surface area contributed by atoms with Crippen molar-refractivity contribution in [3.8, 4) is 0 Å². The first-order valence-electron chi connectivity index (χ1n) is 7.86. The monoisotopic (exact) mass is 340 g/mol. The van der Waals surface area contributed by atoms with E-state index in [0.29, 0.717) is 17.0 Å². The van der Waals surface area contributed by atoms with E-state index in [1.807, 2.05) is 31.2 Å². The minimum atomic E-state index is -0.405. The molecule has 3 aromatic rings. The molecule has 130 valence electrons. The highest BCUT2D eigenvalue weighted by Crippen LogP contribution is 2.27. The summed E-state index contributed by atoms with van der Waals surface area (Å²) in [5.74, 6) is -0.453. The lowest BCUT2D eigenvalue weighted by Crippen LogP contribution is -2.24. The topological polar surface area (TPSA) is 80.4 Å². The van der Waals surface area contributed by atoms with Crippen LogP contribution in [0.4, 0.5) is 5.69 Å². The molecule has 0 aliphatic carbocycles. The minimum absolute atomic E-state index is 0.201. The smallest absolute Gasteiger partial charge is 0.291 e. The zero-order valence-electron chi connectivity index (χ0n) is 14.9. The van der Waals surface area contributed by atoms with Crippen LogP contribution in [0.1, 0.15) is 32.3 Å². The lowest BCUT2D eigenvalue weighted by Gasteiger charge is -2.10. The van der Waals surface area contributed by atoms with Crippen molar-refractivity contribution in [2.24, 2.45) is 7.05 Å². The second-order valence-corrected chi connectivity index (χ2v) is 6.14. The van der Waals surface area contributed by atoms with Crippen LogP contribution in [0.15, 0.2) is 28.7 Å². The molecule has 1 aromatic carbocycles. The number of carbonyl (C=O) groups is 2. The van der Waals surface area contributed by atoms with Crippen LogP contribution in [-0.2, 0) is 7.05 Å². The Morgan fingerprint density at radius 1 is 1.20 bits per heavy atom. The molecule has 2 amide bonds. The van der Waals surface area contributed by atoms with E-state index >= 15 is 0 Å². The number of benzene rings is 1. The number of nitrogens with zero attached hydrogens (tertiary/aromatic N) is 3. The maximum Gasteiger partial charge on any atom is 0.291 e. The normalized spacial score (nSPS) is 10.9. The number of anilines is 1. The Morgan fingerprint density at radius 3 is 2.52 bits per heavy atom. The number of aryl methyl sites for hydroxylation is 2. The SMILES string of the molecule is Cc1c(C(=O)Nc2c(C(=O)N(C)C)nn(C)c2C)oc2ccccc12. The van der Waals surface area contributed by atoms with Crippen molar-refractivity contribution in [1.82, 2.24) is 14.7 Å².